The molecule has 12 rings (SSSR count). The molecule has 0 bridgehead atoms. The van der Waals surface area contributed by atoms with Crippen LogP contribution in [0.3, 0.4) is 0 Å². The van der Waals surface area contributed by atoms with Gasteiger partial charge >= 0.3 is 0 Å². The SMILES string of the molecule is c1ccc(B2c3cccc4c3N(c3cccc5c3B4c3cc4c6ccccc6c6ccccc6c4cc3-5)c3oc4ccccc4c32)cc1. The van der Waals surface area contributed by atoms with Crippen LogP contribution in [0.2, 0.25) is 0 Å². The van der Waals surface area contributed by atoms with E-state index in [1.165, 1.54) is 93.0 Å². The summed E-state index contributed by atoms with van der Waals surface area (Å²) in [7, 11) is 0. The predicted octanol–water partition coefficient (Wildman–Crippen LogP) is 7.00. The van der Waals surface area contributed by atoms with E-state index < -0.39 is 0 Å². The maximum absolute atomic E-state index is 6.91. The molecule has 3 aliphatic heterocycles. The molecule has 0 atom stereocenters. The second-order valence-corrected chi connectivity index (χ2v) is 13.5. The molecule has 8 aromatic carbocycles. The lowest BCUT2D eigenvalue weighted by Gasteiger charge is -2.40. The van der Waals surface area contributed by atoms with Gasteiger partial charge in [-0.3, -0.25) is 4.90 Å². The highest BCUT2D eigenvalue weighted by molar-refractivity contribution is 7.04. The summed E-state index contributed by atoms with van der Waals surface area (Å²) in [6.07, 6.45) is 0. The van der Waals surface area contributed by atoms with Gasteiger partial charge in [0, 0.05) is 22.2 Å². The van der Waals surface area contributed by atoms with Crippen LogP contribution in [-0.4, -0.2) is 13.4 Å². The molecule has 4 heterocycles. The third-order valence-electron chi connectivity index (χ3n) is 11.3. The Bertz CT molecular complexity index is 2870. The zero-order valence-electron chi connectivity index (χ0n) is 25.9. The molecule has 0 aliphatic carbocycles. The summed E-state index contributed by atoms with van der Waals surface area (Å²) in [5, 5.41) is 9.07. The van der Waals surface area contributed by atoms with Crippen LogP contribution in [0, 0.1) is 0 Å². The summed E-state index contributed by atoms with van der Waals surface area (Å²) >= 11 is 0. The number of anilines is 3. The quantitative estimate of drug-likeness (QED) is 0.148. The number of hydrogen-bond donors (Lipinski definition) is 0. The van der Waals surface area contributed by atoms with Gasteiger partial charge in [0.15, 0.2) is 0 Å². The van der Waals surface area contributed by atoms with Crippen LogP contribution in [0.1, 0.15) is 0 Å². The molecule has 218 valence electrons. The molecule has 1 aromatic heterocycles. The molecule has 0 radical (unpaired) electrons. The standard InChI is InChI=1S/C44H25B2NO/c1-2-12-26(13-3-1)45-36-20-11-21-37-43(36)47(44-42(45)32-18-8-9-23-40(32)48-44)39-22-10-19-31-35-24-33-29-16-6-4-14-27(29)28-15-5-7-17-30(28)34(33)25-38(35)46(37)41(31)39/h1-25H. The Morgan fingerprint density at radius 3 is 1.77 bits per heavy atom. The van der Waals surface area contributed by atoms with E-state index in [1.807, 2.05) is 0 Å². The van der Waals surface area contributed by atoms with Gasteiger partial charge in [0.25, 0.3) is 6.71 Å². The molecule has 9 aromatic rings. The van der Waals surface area contributed by atoms with E-state index >= 15 is 0 Å². The van der Waals surface area contributed by atoms with E-state index in [-0.39, 0.29) is 13.4 Å². The van der Waals surface area contributed by atoms with Crippen molar-refractivity contribution in [3.8, 4) is 11.1 Å². The third kappa shape index (κ3) is 2.98. The van der Waals surface area contributed by atoms with Crippen molar-refractivity contribution in [1.29, 1.82) is 0 Å². The van der Waals surface area contributed by atoms with Crippen LogP contribution in [0.25, 0.3) is 54.4 Å². The minimum absolute atomic E-state index is 0.0635. The fraction of sp³-hybridized carbons (Fsp3) is 0. The summed E-state index contributed by atoms with van der Waals surface area (Å²) in [6, 6.07) is 56.2. The average molecular weight is 605 g/mol. The summed E-state index contributed by atoms with van der Waals surface area (Å²) < 4.78 is 6.91. The number of rotatable bonds is 1. The lowest BCUT2D eigenvalue weighted by Crippen LogP contribution is -2.63. The minimum Gasteiger partial charge on any atom is -0.440 e. The molecule has 0 saturated heterocycles. The van der Waals surface area contributed by atoms with E-state index in [1.54, 1.807) is 0 Å². The van der Waals surface area contributed by atoms with E-state index in [9.17, 15) is 0 Å². The van der Waals surface area contributed by atoms with Crippen LogP contribution < -0.4 is 37.7 Å². The number of nitrogens with zero attached hydrogens (tertiary/aromatic N) is 1. The minimum atomic E-state index is 0.0635. The van der Waals surface area contributed by atoms with Crippen molar-refractivity contribution in [2.45, 2.75) is 0 Å². The highest BCUT2D eigenvalue weighted by atomic mass is 16.4. The lowest BCUT2D eigenvalue weighted by atomic mass is 9.31. The Hall–Kier alpha value is -5.99. The summed E-state index contributed by atoms with van der Waals surface area (Å²) in [5.41, 5.74) is 14.1. The van der Waals surface area contributed by atoms with Gasteiger partial charge in [-0.05, 0) is 78.0 Å². The van der Waals surface area contributed by atoms with Crippen molar-refractivity contribution < 1.29 is 4.42 Å². The Kier molecular flexibility index (Phi) is 4.65. The first-order chi connectivity index (χ1) is 23.8. The van der Waals surface area contributed by atoms with Gasteiger partial charge in [0.1, 0.15) is 5.58 Å². The Morgan fingerprint density at radius 2 is 1.02 bits per heavy atom. The van der Waals surface area contributed by atoms with Crippen molar-refractivity contribution in [2.75, 3.05) is 4.90 Å². The first-order valence-electron chi connectivity index (χ1n) is 16.8. The first-order valence-corrected chi connectivity index (χ1v) is 16.8. The maximum Gasteiger partial charge on any atom is 0.251 e. The van der Waals surface area contributed by atoms with Crippen molar-refractivity contribution >= 4 is 107 Å². The fourth-order valence-electron chi connectivity index (χ4n) is 9.48. The Morgan fingerprint density at radius 1 is 0.417 bits per heavy atom. The molecule has 4 heteroatoms. The van der Waals surface area contributed by atoms with Gasteiger partial charge in [-0.2, -0.15) is 0 Å². The highest BCUT2D eigenvalue weighted by Gasteiger charge is 2.48. The van der Waals surface area contributed by atoms with E-state index in [2.05, 4.69) is 157 Å². The van der Waals surface area contributed by atoms with Crippen LogP contribution in [-0.2, 0) is 0 Å². The van der Waals surface area contributed by atoms with E-state index in [0.29, 0.717) is 0 Å². The fourth-order valence-corrected chi connectivity index (χ4v) is 9.48. The second kappa shape index (κ2) is 8.87. The normalized spacial score (nSPS) is 13.7. The first kappa shape index (κ1) is 25.1. The Labute approximate surface area is 278 Å². The Balaban J connectivity index is 1.21. The maximum atomic E-state index is 6.91. The molecule has 2 nitrogen and oxygen atoms in total. The molecule has 3 aliphatic rings. The summed E-state index contributed by atoms with van der Waals surface area (Å²) in [5.74, 6) is 0.940. The number of fused-ring (bicyclic) bond motifs is 15. The number of para-hydroxylation sites is 2. The molecular formula is C44H25B2NO. The number of benzene rings is 8. The van der Waals surface area contributed by atoms with Crippen LogP contribution in [0.15, 0.2) is 156 Å². The monoisotopic (exact) mass is 605 g/mol. The van der Waals surface area contributed by atoms with Crippen molar-refractivity contribution in [1.82, 2.24) is 0 Å². The number of furan rings is 1. The molecule has 0 amide bonds. The molecule has 0 saturated carbocycles. The van der Waals surface area contributed by atoms with Gasteiger partial charge in [0.05, 0.1) is 0 Å². The average Bonchev–Trinajstić information content (AvgIpc) is 3.69. The number of hydrogen-bond acceptors (Lipinski definition) is 2. The molecule has 0 N–H and O–H groups in total. The van der Waals surface area contributed by atoms with Gasteiger partial charge in [-0.25, -0.2) is 0 Å². The van der Waals surface area contributed by atoms with Gasteiger partial charge in [-0.15, -0.1) is 0 Å². The van der Waals surface area contributed by atoms with Gasteiger partial charge < -0.3 is 4.42 Å². The molecular weight excluding hydrogens is 580 g/mol. The molecule has 0 fully saturated rings. The zero-order valence-corrected chi connectivity index (χ0v) is 25.9. The van der Waals surface area contributed by atoms with Crippen LogP contribution in [0.5, 0.6) is 0 Å². The molecule has 0 spiro atoms. The lowest BCUT2D eigenvalue weighted by molar-refractivity contribution is 0.623. The van der Waals surface area contributed by atoms with Gasteiger partial charge in [0.2, 0.25) is 12.6 Å². The zero-order chi connectivity index (χ0) is 31.1. The smallest absolute Gasteiger partial charge is 0.251 e. The van der Waals surface area contributed by atoms with Crippen molar-refractivity contribution in [2.24, 2.45) is 0 Å². The summed E-state index contributed by atoms with van der Waals surface area (Å²) in [4.78, 5) is 2.45. The topological polar surface area (TPSA) is 16.4 Å². The second-order valence-electron chi connectivity index (χ2n) is 13.5. The third-order valence-corrected chi connectivity index (χ3v) is 11.3. The van der Waals surface area contributed by atoms with Gasteiger partial charge in [-0.1, -0.05) is 144 Å². The highest BCUT2D eigenvalue weighted by Crippen LogP contribution is 2.44. The van der Waals surface area contributed by atoms with E-state index in [0.717, 1.165) is 11.5 Å². The molecule has 0 unspecified atom stereocenters. The summed E-state index contributed by atoms with van der Waals surface area (Å²) in [6.45, 7) is 0.197. The van der Waals surface area contributed by atoms with Crippen LogP contribution in [0.4, 0.5) is 17.3 Å². The predicted molar refractivity (Wildman–Crippen MR) is 205 cm³/mol. The van der Waals surface area contributed by atoms with E-state index in [4.69, 9.17) is 4.42 Å². The van der Waals surface area contributed by atoms with Crippen molar-refractivity contribution in [3.05, 3.63) is 152 Å². The largest absolute Gasteiger partial charge is 0.440 e. The molecule has 48 heavy (non-hydrogen) atoms. The van der Waals surface area contributed by atoms with Crippen molar-refractivity contribution in [3.63, 3.8) is 0 Å². The van der Waals surface area contributed by atoms with Crippen LogP contribution >= 0.6 is 0 Å².